The van der Waals surface area contributed by atoms with E-state index in [4.69, 9.17) is 10.5 Å². The smallest absolute Gasteiger partial charge is 0.256 e. The molecule has 156 valence electrons. The van der Waals surface area contributed by atoms with E-state index in [2.05, 4.69) is 29.4 Å². The number of amides is 1. The molecule has 1 saturated heterocycles. The lowest BCUT2D eigenvalue weighted by atomic mass is 9.88. The number of fused-ring (bicyclic) bond motifs is 2. The van der Waals surface area contributed by atoms with Crippen molar-refractivity contribution in [2.45, 2.75) is 25.0 Å². The van der Waals surface area contributed by atoms with Crippen LogP contribution in [0.5, 0.6) is 0 Å². The first kappa shape index (κ1) is 18.4. The van der Waals surface area contributed by atoms with Crippen molar-refractivity contribution in [3.8, 4) is 0 Å². The number of carbonyl (C=O) groups is 1. The Bertz CT molecular complexity index is 1240. The van der Waals surface area contributed by atoms with E-state index in [1.807, 2.05) is 47.1 Å². The monoisotopic (exact) mass is 412 g/mol. The lowest BCUT2D eigenvalue weighted by molar-refractivity contribution is 0.0729. The minimum absolute atomic E-state index is 0.00205. The summed E-state index contributed by atoms with van der Waals surface area (Å²) in [4.78, 5) is 15.2. The van der Waals surface area contributed by atoms with Gasteiger partial charge in [0.1, 0.15) is 5.60 Å². The average molecular weight is 412 g/mol. The molecule has 2 aliphatic heterocycles. The Morgan fingerprint density at radius 1 is 1.16 bits per heavy atom. The zero-order chi connectivity index (χ0) is 21.2. The van der Waals surface area contributed by atoms with Crippen molar-refractivity contribution in [1.29, 1.82) is 0 Å². The van der Waals surface area contributed by atoms with Gasteiger partial charge in [0.15, 0.2) is 0 Å². The zero-order valence-corrected chi connectivity index (χ0v) is 17.5. The van der Waals surface area contributed by atoms with Crippen LogP contribution in [0.1, 0.15) is 44.7 Å². The van der Waals surface area contributed by atoms with Gasteiger partial charge in [0.2, 0.25) is 0 Å². The van der Waals surface area contributed by atoms with Crippen molar-refractivity contribution >= 4 is 23.2 Å². The molecule has 2 aromatic carbocycles. The summed E-state index contributed by atoms with van der Waals surface area (Å²) >= 11 is 0. The van der Waals surface area contributed by atoms with E-state index >= 15 is 0 Å². The average Bonchev–Trinajstić information content (AvgIpc) is 3.38. The fraction of sp³-hybridized carbons (Fsp3) is 0.280. The predicted molar refractivity (Wildman–Crippen MR) is 119 cm³/mol. The molecule has 0 bridgehead atoms. The molecule has 6 heteroatoms. The van der Waals surface area contributed by atoms with Gasteiger partial charge in [-0.1, -0.05) is 36.4 Å². The summed E-state index contributed by atoms with van der Waals surface area (Å²) in [7, 11) is 1.97. The molecule has 6 rings (SSSR count). The number of epoxide rings is 1. The van der Waals surface area contributed by atoms with E-state index in [-0.39, 0.29) is 5.91 Å². The van der Waals surface area contributed by atoms with Gasteiger partial charge >= 0.3 is 0 Å². The van der Waals surface area contributed by atoms with E-state index in [0.29, 0.717) is 30.9 Å². The van der Waals surface area contributed by atoms with E-state index in [1.54, 1.807) is 0 Å². The van der Waals surface area contributed by atoms with Gasteiger partial charge in [0.25, 0.3) is 5.91 Å². The van der Waals surface area contributed by atoms with Crippen molar-refractivity contribution < 1.29 is 9.53 Å². The normalized spacial score (nSPS) is 21.6. The second kappa shape index (κ2) is 6.56. The summed E-state index contributed by atoms with van der Waals surface area (Å²) in [6, 6.07) is 14.1. The van der Waals surface area contributed by atoms with E-state index in [9.17, 15) is 4.79 Å². The first-order chi connectivity index (χ1) is 15.1. The molecule has 3 aromatic rings. The molecule has 1 aromatic heterocycles. The number of carbonyl (C=O) groups excluding carboxylic acids is 1. The molecule has 1 fully saturated rings. The van der Waals surface area contributed by atoms with Crippen LogP contribution in [-0.4, -0.2) is 33.7 Å². The summed E-state index contributed by atoms with van der Waals surface area (Å²) in [6.45, 7) is 1.73. The highest BCUT2D eigenvalue weighted by Crippen LogP contribution is 2.43. The number of hydrogen-bond donors (Lipinski definition) is 1. The Hall–Kier alpha value is -3.38. The Morgan fingerprint density at radius 2 is 1.97 bits per heavy atom. The van der Waals surface area contributed by atoms with Crippen molar-refractivity contribution in [2.24, 2.45) is 7.05 Å². The summed E-state index contributed by atoms with van der Waals surface area (Å²) in [6.07, 6.45) is 6.04. The Balaban J connectivity index is 1.36. The molecule has 1 aliphatic carbocycles. The number of nitrogen functional groups attached to an aromatic ring is 1. The van der Waals surface area contributed by atoms with Gasteiger partial charge in [0, 0.05) is 19.3 Å². The second-order valence-corrected chi connectivity index (χ2v) is 8.71. The van der Waals surface area contributed by atoms with Crippen LogP contribution in [0.2, 0.25) is 0 Å². The van der Waals surface area contributed by atoms with Crippen molar-refractivity contribution in [3.05, 3.63) is 82.2 Å². The van der Waals surface area contributed by atoms with E-state index in [1.165, 1.54) is 11.1 Å². The molecular weight excluding hydrogens is 388 g/mol. The molecule has 1 unspecified atom stereocenters. The first-order valence-electron chi connectivity index (χ1n) is 10.7. The molecule has 31 heavy (non-hydrogen) atoms. The SMILES string of the molecule is Cn1ncc2c1C=C(c1ccc(N)c3c1CN(CC1(c4ccccc4)CO1)C3=O)CC2. The number of rotatable bonds is 4. The number of ether oxygens (including phenoxy) is 1. The maximum Gasteiger partial charge on any atom is 0.256 e. The van der Waals surface area contributed by atoms with Gasteiger partial charge in [-0.15, -0.1) is 0 Å². The molecule has 0 spiro atoms. The molecule has 3 heterocycles. The van der Waals surface area contributed by atoms with Gasteiger partial charge in [-0.05, 0) is 52.8 Å². The van der Waals surface area contributed by atoms with Crippen molar-refractivity contribution in [2.75, 3.05) is 18.9 Å². The van der Waals surface area contributed by atoms with Crippen LogP contribution in [0.4, 0.5) is 5.69 Å². The molecule has 0 radical (unpaired) electrons. The van der Waals surface area contributed by atoms with E-state index in [0.717, 1.165) is 35.2 Å². The maximum atomic E-state index is 13.4. The molecule has 6 nitrogen and oxygen atoms in total. The van der Waals surface area contributed by atoms with E-state index < -0.39 is 5.60 Å². The molecule has 3 aliphatic rings. The number of aryl methyl sites for hydroxylation is 2. The lowest BCUT2D eigenvalue weighted by Crippen LogP contribution is -2.33. The van der Waals surface area contributed by atoms with Crippen LogP contribution in [0.15, 0.2) is 48.7 Å². The number of nitrogens with two attached hydrogens (primary N) is 1. The third-order valence-corrected chi connectivity index (χ3v) is 6.82. The van der Waals surface area contributed by atoms with Gasteiger partial charge in [-0.3, -0.25) is 9.48 Å². The minimum atomic E-state index is -0.401. The number of benzene rings is 2. The molecule has 1 amide bonds. The minimum Gasteiger partial charge on any atom is -0.398 e. The van der Waals surface area contributed by atoms with Crippen molar-refractivity contribution in [3.63, 3.8) is 0 Å². The number of aromatic nitrogens is 2. The summed E-state index contributed by atoms with van der Waals surface area (Å²) in [5.74, 6) is -0.00205. The predicted octanol–water partition coefficient (Wildman–Crippen LogP) is 3.37. The van der Waals surface area contributed by atoms with Crippen LogP contribution in [0.3, 0.4) is 0 Å². The van der Waals surface area contributed by atoms with Crippen LogP contribution >= 0.6 is 0 Å². The van der Waals surface area contributed by atoms with Crippen LogP contribution < -0.4 is 5.73 Å². The highest BCUT2D eigenvalue weighted by atomic mass is 16.6. The molecule has 0 saturated carbocycles. The van der Waals surface area contributed by atoms with Gasteiger partial charge in [-0.2, -0.15) is 5.10 Å². The standard InChI is InChI=1S/C25H24N4O2/c1-28-22-11-16(7-8-17(22)12-27-28)19-9-10-21(26)23-20(19)13-29(24(23)30)14-25(15-31-25)18-5-3-2-4-6-18/h2-6,9-12H,7-8,13-15,26H2,1H3. The maximum absolute atomic E-state index is 13.4. The lowest BCUT2D eigenvalue weighted by Gasteiger charge is -2.21. The van der Waals surface area contributed by atoms with Gasteiger partial charge < -0.3 is 15.4 Å². The van der Waals surface area contributed by atoms with Crippen LogP contribution in [0, 0.1) is 0 Å². The molecule has 2 N–H and O–H groups in total. The highest BCUT2D eigenvalue weighted by molar-refractivity contribution is 6.05. The van der Waals surface area contributed by atoms with Crippen LogP contribution in [-0.2, 0) is 30.4 Å². The highest BCUT2D eigenvalue weighted by Gasteiger charge is 2.50. The first-order valence-corrected chi connectivity index (χ1v) is 10.7. The summed E-state index contributed by atoms with van der Waals surface area (Å²) in [5, 5.41) is 4.39. The summed E-state index contributed by atoms with van der Waals surface area (Å²) in [5.41, 5.74) is 14.0. The third kappa shape index (κ3) is 2.82. The second-order valence-electron chi connectivity index (χ2n) is 8.71. The Morgan fingerprint density at radius 3 is 2.74 bits per heavy atom. The topological polar surface area (TPSA) is 76.7 Å². The van der Waals surface area contributed by atoms with Crippen molar-refractivity contribution in [1.82, 2.24) is 14.7 Å². The number of anilines is 1. The quantitative estimate of drug-likeness (QED) is 0.527. The zero-order valence-electron chi connectivity index (χ0n) is 17.5. The fourth-order valence-electron chi connectivity index (χ4n) is 5.01. The number of allylic oxidation sites excluding steroid dienone is 1. The summed E-state index contributed by atoms with van der Waals surface area (Å²) < 4.78 is 7.78. The van der Waals surface area contributed by atoms with Gasteiger partial charge in [0.05, 0.1) is 30.6 Å². The third-order valence-electron chi connectivity index (χ3n) is 6.82. The van der Waals surface area contributed by atoms with Crippen LogP contribution in [0.25, 0.3) is 11.6 Å². The fourth-order valence-corrected chi connectivity index (χ4v) is 5.01. The van der Waals surface area contributed by atoms with Gasteiger partial charge in [-0.25, -0.2) is 0 Å². The largest absolute Gasteiger partial charge is 0.398 e. The Kier molecular flexibility index (Phi) is 3.89. The Labute approximate surface area is 180 Å². The number of nitrogens with zero attached hydrogens (tertiary/aromatic N) is 3. The molecular formula is C25H24N4O2. The number of hydrogen-bond acceptors (Lipinski definition) is 4. The molecule has 1 atom stereocenters.